The van der Waals surface area contributed by atoms with Gasteiger partial charge in [-0.2, -0.15) is 0 Å². The molecule has 0 aliphatic heterocycles. The van der Waals surface area contributed by atoms with Gasteiger partial charge in [0, 0.05) is 24.8 Å². The van der Waals surface area contributed by atoms with Crippen LogP contribution in [0.2, 0.25) is 0 Å². The maximum absolute atomic E-state index is 13.5. The third-order valence-corrected chi connectivity index (χ3v) is 4.32. The second kappa shape index (κ2) is 6.55. The maximum Gasteiger partial charge on any atom is 0.246 e. The van der Waals surface area contributed by atoms with Crippen molar-refractivity contribution in [2.75, 3.05) is 6.61 Å². The third kappa shape index (κ3) is 3.94. The summed E-state index contributed by atoms with van der Waals surface area (Å²) >= 11 is 0. The van der Waals surface area contributed by atoms with Crippen LogP contribution in [0.5, 0.6) is 0 Å². The van der Waals surface area contributed by atoms with Crippen molar-refractivity contribution in [3.63, 3.8) is 0 Å². The molecule has 1 aromatic carbocycles. The van der Waals surface area contributed by atoms with Crippen molar-refractivity contribution in [2.45, 2.75) is 31.2 Å². The van der Waals surface area contributed by atoms with Gasteiger partial charge in [-0.1, -0.05) is 13.8 Å². The minimum Gasteiger partial charge on any atom is -0.396 e. The van der Waals surface area contributed by atoms with Crippen LogP contribution in [0.25, 0.3) is 0 Å². The van der Waals surface area contributed by atoms with Crippen LogP contribution in [-0.2, 0) is 10.0 Å². The first-order valence-electron chi connectivity index (χ1n) is 5.96. The molecule has 0 fully saturated rings. The molecule has 0 amide bonds. The van der Waals surface area contributed by atoms with Crippen molar-refractivity contribution in [3.05, 3.63) is 29.6 Å². The number of hydrogen-bond donors (Lipinski definition) is 2. The highest BCUT2D eigenvalue weighted by Crippen LogP contribution is 2.21. The monoisotopic (exact) mass is 311 g/mol. The van der Waals surface area contributed by atoms with E-state index in [-0.39, 0.29) is 18.9 Å². The highest BCUT2D eigenvalue weighted by molar-refractivity contribution is 7.89. The molecule has 0 heterocycles. The molecule has 0 aliphatic carbocycles. The second-order valence-electron chi connectivity index (χ2n) is 4.68. The fraction of sp³-hybridized carbons (Fsp3) is 0.500. The molecule has 0 aromatic heterocycles. The maximum atomic E-state index is 13.5. The predicted molar refractivity (Wildman–Crippen MR) is 67.0 cm³/mol. The van der Waals surface area contributed by atoms with E-state index in [2.05, 4.69) is 4.72 Å². The number of sulfonamides is 1. The van der Waals surface area contributed by atoms with E-state index in [4.69, 9.17) is 5.11 Å². The van der Waals surface area contributed by atoms with Gasteiger partial charge in [-0.15, -0.1) is 0 Å². The molecule has 2 N–H and O–H groups in total. The predicted octanol–water partition coefficient (Wildman–Crippen LogP) is 1.79. The van der Waals surface area contributed by atoms with Crippen LogP contribution in [0.3, 0.4) is 0 Å². The lowest BCUT2D eigenvalue weighted by Gasteiger charge is -2.21. The molecule has 0 saturated carbocycles. The van der Waals surface area contributed by atoms with E-state index >= 15 is 0 Å². The van der Waals surface area contributed by atoms with Crippen molar-refractivity contribution >= 4 is 10.0 Å². The van der Waals surface area contributed by atoms with E-state index < -0.39 is 38.4 Å². The van der Waals surface area contributed by atoms with Crippen LogP contribution >= 0.6 is 0 Å². The molecule has 114 valence electrons. The summed E-state index contributed by atoms with van der Waals surface area (Å²) in [4.78, 5) is -1.22. The number of aliphatic hydroxyl groups excluding tert-OH is 1. The Morgan fingerprint density at radius 1 is 1.20 bits per heavy atom. The Kier molecular flexibility index (Phi) is 5.55. The Labute approximate surface area is 115 Å². The Bertz CT molecular complexity index is 552. The number of hydrogen-bond acceptors (Lipinski definition) is 3. The van der Waals surface area contributed by atoms with E-state index in [0.717, 1.165) is 0 Å². The fourth-order valence-electron chi connectivity index (χ4n) is 1.71. The Balaban J connectivity index is 3.17. The summed E-state index contributed by atoms with van der Waals surface area (Å²) in [7, 11) is -4.48. The Morgan fingerprint density at radius 3 is 2.10 bits per heavy atom. The molecule has 20 heavy (non-hydrogen) atoms. The van der Waals surface area contributed by atoms with Crippen LogP contribution in [0, 0.1) is 23.4 Å². The summed E-state index contributed by atoms with van der Waals surface area (Å²) in [5, 5.41) is 8.87. The third-order valence-electron chi connectivity index (χ3n) is 2.78. The largest absolute Gasteiger partial charge is 0.396 e. The first kappa shape index (κ1) is 16.9. The highest BCUT2D eigenvalue weighted by atomic mass is 32.2. The van der Waals surface area contributed by atoms with Crippen molar-refractivity contribution in [1.82, 2.24) is 4.72 Å². The van der Waals surface area contributed by atoms with E-state index in [1.165, 1.54) is 0 Å². The quantitative estimate of drug-likeness (QED) is 0.842. The number of nitrogens with one attached hydrogen (secondary N) is 1. The summed E-state index contributed by atoms with van der Waals surface area (Å²) in [6.07, 6.45) is 0.0985. The zero-order valence-corrected chi connectivity index (χ0v) is 11.8. The fourth-order valence-corrected chi connectivity index (χ4v) is 3.25. The molecule has 0 spiro atoms. The van der Waals surface area contributed by atoms with Crippen LogP contribution in [0.4, 0.5) is 13.2 Å². The number of halogens is 3. The molecular formula is C12H16F3NO3S. The zero-order chi connectivity index (χ0) is 15.5. The SMILES string of the molecule is CC(C)C(CCO)NS(=O)(=O)c1c(F)cc(F)cc1F. The molecule has 8 heteroatoms. The molecule has 1 rings (SSSR count). The average Bonchev–Trinajstić information content (AvgIpc) is 2.25. The van der Waals surface area contributed by atoms with Gasteiger partial charge in [0.1, 0.15) is 17.5 Å². The van der Waals surface area contributed by atoms with Gasteiger partial charge in [0.05, 0.1) is 0 Å². The lowest BCUT2D eigenvalue weighted by Crippen LogP contribution is -2.39. The first-order valence-corrected chi connectivity index (χ1v) is 7.45. The Morgan fingerprint density at radius 2 is 1.70 bits per heavy atom. The number of rotatable bonds is 6. The molecule has 0 bridgehead atoms. The van der Waals surface area contributed by atoms with E-state index in [0.29, 0.717) is 12.1 Å². The molecule has 1 aromatic rings. The first-order chi connectivity index (χ1) is 9.19. The molecular weight excluding hydrogens is 295 g/mol. The standard InChI is InChI=1S/C12H16F3NO3S/c1-7(2)11(3-4-17)16-20(18,19)12-9(14)5-8(13)6-10(12)15/h5-7,11,16-17H,3-4H2,1-2H3. The smallest absolute Gasteiger partial charge is 0.246 e. The van der Waals surface area contributed by atoms with Gasteiger partial charge in [-0.3, -0.25) is 0 Å². The summed E-state index contributed by atoms with van der Waals surface area (Å²) in [6.45, 7) is 3.11. The molecule has 0 saturated heterocycles. The molecule has 4 nitrogen and oxygen atoms in total. The van der Waals surface area contributed by atoms with Gasteiger partial charge in [-0.05, 0) is 12.3 Å². The molecule has 1 unspecified atom stereocenters. The lowest BCUT2D eigenvalue weighted by atomic mass is 10.0. The average molecular weight is 311 g/mol. The normalized spacial score (nSPS) is 13.8. The van der Waals surface area contributed by atoms with Crippen LogP contribution < -0.4 is 4.72 Å². The number of benzene rings is 1. The number of aliphatic hydroxyl groups is 1. The zero-order valence-electron chi connectivity index (χ0n) is 11.0. The van der Waals surface area contributed by atoms with E-state index in [1.807, 2.05) is 0 Å². The summed E-state index contributed by atoms with van der Waals surface area (Å²) in [5.41, 5.74) is 0. The topological polar surface area (TPSA) is 66.4 Å². The molecule has 0 aliphatic rings. The lowest BCUT2D eigenvalue weighted by molar-refractivity contribution is 0.255. The van der Waals surface area contributed by atoms with Crippen molar-refractivity contribution in [2.24, 2.45) is 5.92 Å². The van der Waals surface area contributed by atoms with Gasteiger partial charge in [-0.25, -0.2) is 26.3 Å². The Hall–Kier alpha value is -1.12. The summed E-state index contributed by atoms with van der Waals surface area (Å²) in [5.74, 6) is -4.39. The van der Waals surface area contributed by atoms with Crippen molar-refractivity contribution in [1.29, 1.82) is 0 Å². The van der Waals surface area contributed by atoms with Gasteiger partial charge in [0.2, 0.25) is 10.0 Å². The highest BCUT2D eigenvalue weighted by Gasteiger charge is 2.28. The van der Waals surface area contributed by atoms with E-state index in [1.54, 1.807) is 13.8 Å². The second-order valence-corrected chi connectivity index (χ2v) is 6.33. The minimum absolute atomic E-state index is 0.0985. The van der Waals surface area contributed by atoms with Crippen LogP contribution in [0.1, 0.15) is 20.3 Å². The van der Waals surface area contributed by atoms with Gasteiger partial charge in [0.25, 0.3) is 0 Å². The molecule has 1 atom stereocenters. The van der Waals surface area contributed by atoms with E-state index in [9.17, 15) is 21.6 Å². The van der Waals surface area contributed by atoms with Crippen LogP contribution in [0.15, 0.2) is 17.0 Å². The minimum atomic E-state index is -4.48. The van der Waals surface area contributed by atoms with Gasteiger partial charge < -0.3 is 5.11 Å². The van der Waals surface area contributed by atoms with Gasteiger partial charge >= 0.3 is 0 Å². The van der Waals surface area contributed by atoms with Gasteiger partial charge in [0.15, 0.2) is 4.90 Å². The van der Waals surface area contributed by atoms with Crippen molar-refractivity contribution < 1.29 is 26.7 Å². The summed E-state index contributed by atoms with van der Waals surface area (Å²) in [6, 6.07) is -0.0869. The summed E-state index contributed by atoms with van der Waals surface area (Å²) < 4.78 is 65.9. The van der Waals surface area contributed by atoms with Crippen molar-refractivity contribution in [3.8, 4) is 0 Å². The molecule has 0 radical (unpaired) electrons. The van der Waals surface area contributed by atoms with Crippen LogP contribution in [-0.4, -0.2) is 26.2 Å².